The van der Waals surface area contributed by atoms with Gasteiger partial charge in [-0.25, -0.2) is 9.67 Å². The minimum atomic E-state index is 0.290. The van der Waals surface area contributed by atoms with Crippen molar-refractivity contribution in [3.05, 3.63) is 42.2 Å². The van der Waals surface area contributed by atoms with Crippen LogP contribution in [0.1, 0.15) is 25.5 Å². The fourth-order valence-electron chi connectivity index (χ4n) is 2.28. The van der Waals surface area contributed by atoms with E-state index in [-0.39, 0.29) is 6.04 Å². The lowest BCUT2D eigenvalue weighted by Crippen LogP contribution is -2.31. The van der Waals surface area contributed by atoms with Crippen LogP contribution >= 0.6 is 11.8 Å². The summed E-state index contributed by atoms with van der Waals surface area (Å²) in [5, 5.41) is 8.96. The zero-order valence-electron chi connectivity index (χ0n) is 12.4. The number of nitrogens with one attached hydrogen (secondary N) is 1. The van der Waals surface area contributed by atoms with Crippen molar-refractivity contribution in [3.8, 4) is 0 Å². The van der Waals surface area contributed by atoms with Gasteiger partial charge in [-0.1, -0.05) is 55.9 Å². The highest BCUT2D eigenvalue weighted by molar-refractivity contribution is 7.99. The van der Waals surface area contributed by atoms with Gasteiger partial charge in [0.05, 0.1) is 0 Å². The van der Waals surface area contributed by atoms with Gasteiger partial charge < -0.3 is 5.32 Å². The molecule has 5 heteroatoms. The molecule has 0 amide bonds. The summed E-state index contributed by atoms with van der Waals surface area (Å²) in [7, 11) is 3.95. The van der Waals surface area contributed by atoms with Crippen LogP contribution in [-0.2, 0) is 7.05 Å². The first-order valence-corrected chi connectivity index (χ1v) is 7.74. The number of aryl methyl sites for hydroxylation is 1. The van der Waals surface area contributed by atoms with Crippen molar-refractivity contribution in [2.24, 2.45) is 13.0 Å². The minimum absolute atomic E-state index is 0.290. The number of rotatable bonds is 6. The van der Waals surface area contributed by atoms with E-state index in [1.807, 2.05) is 18.8 Å². The first-order chi connectivity index (χ1) is 9.63. The van der Waals surface area contributed by atoms with Crippen molar-refractivity contribution >= 4 is 11.8 Å². The van der Waals surface area contributed by atoms with Crippen LogP contribution in [0.15, 0.2) is 41.8 Å². The summed E-state index contributed by atoms with van der Waals surface area (Å²) in [6.07, 6.45) is 1.61. The standard InChI is InChI=1S/C15H22N4S/c1-11(2)14(20-15-17-10-18-19(15)4)13(16-3)12-8-6-5-7-9-12/h5-11,13-14,16H,1-4H3. The van der Waals surface area contributed by atoms with Crippen LogP contribution < -0.4 is 5.32 Å². The molecule has 0 radical (unpaired) electrons. The normalized spacial score (nSPS) is 14.4. The molecule has 0 fully saturated rings. The van der Waals surface area contributed by atoms with Gasteiger partial charge in [0, 0.05) is 18.3 Å². The third kappa shape index (κ3) is 3.41. The molecule has 0 saturated heterocycles. The van der Waals surface area contributed by atoms with Crippen molar-refractivity contribution < 1.29 is 0 Å². The molecular formula is C15H22N4S. The summed E-state index contributed by atoms with van der Waals surface area (Å²) in [6, 6.07) is 10.9. The van der Waals surface area contributed by atoms with Gasteiger partial charge in [0.15, 0.2) is 5.16 Å². The number of hydrogen-bond donors (Lipinski definition) is 1. The highest BCUT2D eigenvalue weighted by Gasteiger charge is 2.27. The quantitative estimate of drug-likeness (QED) is 0.831. The van der Waals surface area contributed by atoms with E-state index < -0.39 is 0 Å². The van der Waals surface area contributed by atoms with Gasteiger partial charge in [0.2, 0.25) is 0 Å². The van der Waals surface area contributed by atoms with E-state index in [2.05, 4.69) is 59.6 Å². The molecule has 4 nitrogen and oxygen atoms in total. The van der Waals surface area contributed by atoms with Crippen molar-refractivity contribution in [2.75, 3.05) is 7.05 Å². The van der Waals surface area contributed by atoms with E-state index in [9.17, 15) is 0 Å². The third-order valence-corrected chi connectivity index (χ3v) is 5.04. The number of nitrogens with zero attached hydrogens (tertiary/aromatic N) is 3. The van der Waals surface area contributed by atoms with E-state index >= 15 is 0 Å². The van der Waals surface area contributed by atoms with E-state index in [0.29, 0.717) is 11.2 Å². The molecule has 0 aliphatic carbocycles. The van der Waals surface area contributed by atoms with Gasteiger partial charge in [0.1, 0.15) is 6.33 Å². The molecule has 0 bridgehead atoms. The second-order valence-corrected chi connectivity index (χ2v) is 6.31. The maximum atomic E-state index is 4.34. The Morgan fingerprint density at radius 3 is 2.40 bits per heavy atom. The Balaban J connectivity index is 2.25. The van der Waals surface area contributed by atoms with Crippen molar-refractivity contribution in [3.63, 3.8) is 0 Å². The molecule has 20 heavy (non-hydrogen) atoms. The number of hydrogen-bond acceptors (Lipinski definition) is 4. The molecule has 1 heterocycles. The van der Waals surface area contributed by atoms with E-state index in [1.165, 1.54) is 5.56 Å². The predicted molar refractivity (Wildman–Crippen MR) is 83.7 cm³/mol. The second kappa shape index (κ2) is 6.90. The molecule has 0 aliphatic rings. The molecule has 2 rings (SSSR count). The average molecular weight is 290 g/mol. The summed E-state index contributed by atoms with van der Waals surface area (Å²) < 4.78 is 1.83. The summed E-state index contributed by atoms with van der Waals surface area (Å²) in [5.41, 5.74) is 1.31. The van der Waals surface area contributed by atoms with Crippen LogP contribution in [0.5, 0.6) is 0 Å². The summed E-state index contributed by atoms with van der Waals surface area (Å²) >= 11 is 1.78. The van der Waals surface area contributed by atoms with Crippen LogP contribution in [0.25, 0.3) is 0 Å². The van der Waals surface area contributed by atoms with Gasteiger partial charge in [-0.3, -0.25) is 0 Å². The Morgan fingerprint density at radius 1 is 1.20 bits per heavy atom. The van der Waals surface area contributed by atoms with Crippen LogP contribution in [0, 0.1) is 5.92 Å². The third-order valence-electron chi connectivity index (χ3n) is 3.37. The van der Waals surface area contributed by atoms with Crippen LogP contribution in [0.4, 0.5) is 0 Å². The average Bonchev–Trinajstić information content (AvgIpc) is 2.85. The first-order valence-electron chi connectivity index (χ1n) is 6.86. The zero-order valence-corrected chi connectivity index (χ0v) is 13.3. The Kier molecular flexibility index (Phi) is 5.20. The molecule has 1 aromatic carbocycles. The minimum Gasteiger partial charge on any atom is -0.312 e. The molecule has 2 atom stereocenters. The summed E-state index contributed by atoms with van der Waals surface area (Å²) in [5.74, 6) is 0.523. The SMILES string of the molecule is CNC(c1ccccc1)C(Sc1ncnn1C)C(C)C. The molecule has 108 valence electrons. The van der Waals surface area contributed by atoms with Gasteiger partial charge in [-0.2, -0.15) is 5.10 Å². The Labute approximate surface area is 125 Å². The molecule has 0 spiro atoms. The topological polar surface area (TPSA) is 42.7 Å². The smallest absolute Gasteiger partial charge is 0.186 e. The Hall–Kier alpha value is -1.33. The lowest BCUT2D eigenvalue weighted by atomic mass is 9.96. The van der Waals surface area contributed by atoms with Gasteiger partial charge in [0.25, 0.3) is 0 Å². The zero-order chi connectivity index (χ0) is 14.5. The van der Waals surface area contributed by atoms with E-state index in [1.54, 1.807) is 18.1 Å². The maximum absolute atomic E-state index is 4.34. The number of thioether (sulfide) groups is 1. The lowest BCUT2D eigenvalue weighted by molar-refractivity contribution is 0.470. The van der Waals surface area contributed by atoms with Gasteiger partial charge >= 0.3 is 0 Å². The summed E-state index contributed by atoms with van der Waals surface area (Å²) in [4.78, 5) is 4.34. The molecule has 0 saturated carbocycles. The van der Waals surface area contributed by atoms with Crippen LogP contribution in [0.2, 0.25) is 0 Å². The first kappa shape index (κ1) is 15.1. The molecule has 2 unspecified atom stereocenters. The largest absolute Gasteiger partial charge is 0.312 e. The van der Waals surface area contributed by atoms with Crippen molar-refractivity contribution in [2.45, 2.75) is 30.3 Å². The highest BCUT2D eigenvalue weighted by atomic mass is 32.2. The second-order valence-electron chi connectivity index (χ2n) is 5.17. The van der Waals surface area contributed by atoms with Gasteiger partial charge in [-0.15, -0.1) is 0 Å². The van der Waals surface area contributed by atoms with Crippen LogP contribution in [0.3, 0.4) is 0 Å². The van der Waals surface area contributed by atoms with E-state index in [4.69, 9.17) is 0 Å². The Bertz CT molecular complexity index is 524. The summed E-state index contributed by atoms with van der Waals surface area (Å²) in [6.45, 7) is 4.50. The predicted octanol–water partition coefficient (Wildman–Crippen LogP) is 2.89. The molecular weight excluding hydrogens is 268 g/mol. The molecule has 0 aliphatic heterocycles. The lowest BCUT2D eigenvalue weighted by Gasteiger charge is -2.29. The monoisotopic (exact) mass is 290 g/mol. The van der Waals surface area contributed by atoms with Crippen LogP contribution in [-0.4, -0.2) is 27.1 Å². The fraction of sp³-hybridized carbons (Fsp3) is 0.467. The van der Waals surface area contributed by atoms with E-state index in [0.717, 1.165) is 5.16 Å². The highest BCUT2D eigenvalue weighted by Crippen LogP contribution is 2.35. The molecule has 1 aromatic heterocycles. The Morgan fingerprint density at radius 2 is 1.90 bits per heavy atom. The number of aromatic nitrogens is 3. The van der Waals surface area contributed by atoms with Gasteiger partial charge in [-0.05, 0) is 18.5 Å². The fourth-order valence-corrected chi connectivity index (χ4v) is 3.54. The van der Waals surface area contributed by atoms with Crippen molar-refractivity contribution in [1.29, 1.82) is 0 Å². The van der Waals surface area contributed by atoms with Crippen molar-refractivity contribution in [1.82, 2.24) is 20.1 Å². The molecule has 2 aromatic rings. The number of benzene rings is 1. The molecule has 1 N–H and O–H groups in total. The maximum Gasteiger partial charge on any atom is 0.186 e.